The Kier molecular flexibility index (Phi) is 5.35. The summed E-state index contributed by atoms with van der Waals surface area (Å²) in [5.41, 5.74) is 6.94. The first-order valence-electron chi connectivity index (χ1n) is 9.48. The van der Waals surface area contributed by atoms with Crippen molar-refractivity contribution in [2.45, 2.75) is 25.5 Å². The van der Waals surface area contributed by atoms with Crippen LogP contribution in [0.5, 0.6) is 0 Å². The maximum atomic E-state index is 14.9. The predicted molar refractivity (Wildman–Crippen MR) is 114 cm³/mol. The Morgan fingerprint density at radius 1 is 1.43 bits per heavy atom. The number of rotatable bonds is 3. The molecule has 2 aliphatic rings. The van der Waals surface area contributed by atoms with Gasteiger partial charge in [0.2, 0.25) is 0 Å². The van der Waals surface area contributed by atoms with Crippen LogP contribution in [0.25, 0.3) is 11.9 Å². The van der Waals surface area contributed by atoms with Crippen molar-refractivity contribution < 1.29 is 13.5 Å². The van der Waals surface area contributed by atoms with E-state index in [9.17, 15) is 8.78 Å². The maximum Gasteiger partial charge on any atom is 0.154 e. The minimum absolute atomic E-state index is 0.0317. The molecular weight excluding hydrogens is 406 g/mol. The number of benzene rings is 1. The molecule has 2 N–H and O–H groups in total. The summed E-state index contributed by atoms with van der Waals surface area (Å²) in [6.07, 6.45) is 2.54. The lowest BCUT2D eigenvalue weighted by atomic mass is 9.78. The number of halogens is 2. The number of fused-ring (bicyclic) bond motifs is 1. The number of aromatic nitrogens is 1. The number of ether oxygens (including phenoxy) is 1. The number of thioether (sulfide) groups is 1. The van der Waals surface area contributed by atoms with E-state index in [0.717, 1.165) is 0 Å². The Balaban J connectivity index is 1.77. The first kappa shape index (κ1) is 20.5. The van der Waals surface area contributed by atoms with E-state index in [2.05, 4.69) is 9.98 Å². The summed E-state index contributed by atoms with van der Waals surface area (Å²) in [4.78, 5) is 8.65. The van der Waals surface area contributed by atoms with Crippen molar-refractivity contribution in [3.05, 3.63) is 64.2 Å². The fourth-order valence-corrected chi connectivity index (χ4v) is 5.19. The highest BCUT2D eigenvalue weighted by atomic mass is 32.2. The Hall–Kier alpha value is -2.76. The molecule has 8 heteroatoms. The van der Waals surface area contributed by atoms with Crippen LogP contribution in [-0.4, -0.2) is 28.6 Å². The van der Waals surface area contributed by atoms with Crippen molar-refractivity contribution in [3.63, 3.8) is 0 Å². The lowest BCUT2D eigenvalue weighted by Gasteiger charge is -2.35. The fraction of sp³-hybridized carbons (Fsp3) is 0.318. The molecule has 2 aliphatic heterocycles. The van der Waals surface area contributed by atoms with Crippen molar-refractivity contribution in [1.29, 1.82) is 5.26 Å². The summed E-state index contributed by atoms with van der Waals surface area (Å²) in [6, 6.07) is 7.98. The first-order chi connectivity index (χ1) is 14.3. The summed E-state index contributed by atoms with van der Waals surface area (Å²) in [6.45, 7) is 3.86. The second-order valence-electron chi connectivity index (χ2n) is 7.54. The second-order valence-corrected chi connectivity index (χ2v) is 8.58. The third-order valence-corrected chi connectivity index (χ3v) is 6.56. The van der Waals surface area contributed by atoms with Crippen molar-refractivity contribution in [2.75, 3.05) is 12.4 Å². The molecule has 30 heavy (non-hydrogen) atoms. The first-order valence-corrected chi connectivity index (χ1v) is 10.5. The van der Waals surface area contributed by atoms with Crippen LogP contribution in [0, 0.1) is 30.0 Å². The molecule has 3 heterocycles. The standard InChI is InChI=1S/C22H20F2N4OS/c1-12-5-15(8-25)9-27-20(12)19(24)7-14-3-4-18(23)16(6-14)22-11-29-13(2)17(22)10-30-21(26)28-22/h3-7,9,13,17H,10-11H2,1-2H3,(H2,26,28)/b19-7-/t13-,17-,22-/m1/s1. The molecule has 1 aromatic carbocycles. The van der Waals surface area contributed by atoms with Gasteiger partial charge in [0.25, 0.3) is 0 Å². The third-order valence-electron chi connectivity index (χ3n) is 5.65. The number of nitriles is 1. The Bertz CT molecular complexity index is 1110. The van der Waals surface area contributed by atoms with Crippen LogP contribution in [0.2, 0.25) is 0 Å². The zero-order chi connectivity index (χ0) is 21.5. The molecule has 0 spiro atoms. The van der Waals surface area contributed by atoms with E-state index in [1.165, 1.54) is 36.2 Å². The van der Waals surface area contributed by atoms with E-state index in [4.69, 9.17) is 15.7 Å². The summed E-state index contributed by atoms with van der Waals surface area (Å²) in [5, 5.41) is 9.35. The number of hydrogen-bond donors (Lipinski definition) is 1. The molecule has 5 nitrogen and oxygen atoms in total. The molecule has 1 fully saturated rings. The second kappa shape index (κ2) is 7.82. The van der Waals surface area contributed by atoms with Crippen molar-refractivity contribution in [3.8, 4) is 6.07 Å². The van der Waals surface area contributed by atoms with Crippen LogP contribution < -0.4 is 5.73 Å². The van der Waals surface area contributed by atoms with Gasteiger partial charge in [-0.2, -0.15) is 5.26 Å². The molecule has 154 valence electrons. The lowest BCUT2D eigenvalue weighted by Crippen LogP contribution is -2.41. The van der Waals surface area contributed by atoms with Gasteiger partial charge in [-0.3, -0.25) is 4.98 Å². The monoisotopic (exact) mass is 426 g/mol. The summed E-state index contributed by atoms with van der Waals surface area (Å²) < 4.78 is 35.7. The highest BCUT2D eigenvalue weighted by Gasteiger charge is 2.52. The number of aliphatic imine (C=N–C) groups is 1. The summed E-state index contributed by atoms with van der Waals surface area (Å²) in [5.74, 6) is -0.345. The normalized spacial score (nSPS) is 26.1. The Morgan fingerprint density at radius 3 is 2.97 bits per heavy atom. The van der Waals surface area contributed by atoms with Crippen LogP contribution >= 0.6 is 11.8 Å². The van der Waals surface area contributed by atoms with Gasteiger partial charge in [-0.15, -0.1) is 0 Å². The average molecular weight is 426 g/mol. The van der Waals surface area contributed by atoms with Crippen molar-refractivity contribution in [2.24, 2.45) is 16.6 Å². The highest BCUT2D eigenvalue weighted by molar-refractivity contribution is 8.13. The van der Waals surface area contributed by atoms with Crippen LogP contribution in [0.15, 0.2) is 35.5 Å². The van der Waals surface area contributed by atoms with E-state index in [-0.39, 0.29) is 24.3 Å². The molecular formula is C22H20F2N4OS. The largest absolute Gasteiger partial charge is 0.379 e. The highest BCUT2D eigenvalue weighted by Crippen LogP contribution is 2.48. The number of amidine groups is 1. The minimum Gasteiger partial charge on any atom is -0.379 e. The molecule has 0 saturated carbocycles. The van der Waals surface area contributed by atoms with E-state index < -0.39 is 17.2 Å². The SMILES string of the molecule is Cc1cc(C#N)cnc1/C(F)=C/c1ccc(F)c([C@]23CO[C@H](C)[C@H]2CSC(N)=N3)c1. The van der Waals surface area contributed by atoms with Gasteiger partial charge in [-0.1, -0.05) is 17.8 Å². The molecule has 3 atom stereocenters. The van der Waals surface area contributed by atoms with Gasteiger partial charge in [0.1, 0.15) is 28.9 Å². The van der Waals surface area contributed by atoms with Crippen LogP contribution in [0.1, 0.15) is 34.9 Å². The van der Waals surface area contributed by atoms with Gasteiger partial charge in [0, 0.05) is 23.4 Å². The topological polar surface area (TPSA) is 84.3 Å². The van der Waals surface area contributed by atoms with Gasteiger partial charge in [0.05, 0.1) is 18.3 Å². The molecule has 0 aliphatic carbocycles. The number of nitrogens with zero attached hydrogens (tertiary/aromatic N) is 3. The molecule has 0 amide bonds. The van der Waals surface area contributed by atoms with E-state index in [1.54, 1.807) is 19.1 Å². The Labute approximate surface area is 177 Å². The zero-order valence-corrected chi connectivity index (χ0v) is 17.3. The molecule has 1 aromatic heterocycles. The molecule has 4 rings (SSSR count). The number of hydrogen-bond acceptors (Lipinski definition) is 6. The minimum atomic E-state index is -0.915. The van der Waals surface area contributed by atoms with Gasteiger partial charge < -0.3 is 10.5 Å². The van der Waals surface area contributed by atoms with E-state index in [0.29, 0.717) is 33.2 Å². The molecule has 0 unspecified atom stereocenters. The summed E-state index contributed by atoms with van der Waals surface area (Å²) in [7, 11) is 0. The Morgan fingerprint density at radius 2 is 2.23 bits per heavy atom. The zero-order valence-electron chi connectivity index (χ0n) is 16.5. The van der Waals surface area contributed by atoms with Gasteiger partial charge in [-0.25, -0.2) is 13.8 Å². The molecule has 2 aromatic rings. The van der Waals surface area contributed by atoms with Gasteiger partial charge in [-0.05, 0) is 49.2 Å². The van der Waals surface area contributed by atoms with Crippen molar-refractivity contribution >= 4 is 28.8 Å². The van der Waals surface area contributed by atoms with Gasteiger partial charge in [0.15, 0.2) is 5.17 Å². The smallest absolute Gasteiger partial charge is 0.154 e. The van der Waals surface area contributed by atoms with Crippen molar-refractivity contribution in [1.82, 2.24) is 4.98 Å². The number of pyridine rings is 1. The fourth-order valence-electron chi connectivity index (χ4n) is 4.07. The van der Waals surface area contributed by atoms with Crippen LogP contribution in [0.4, 0.5) is 8.78 Å². The lowest BCUT2D eigenvalue weighted by molar-refractivity contribution is 0.107. The van der Waals surface area contributed by atoms with Crippen LogP contribution in [-0.2, 0) is 10.3 Å². The van der Waals surface area contributed by atoms with Gasteiger partial charge >= 0.3 is 0 Å². The quantitative estimate of drug-likeness (QED) is 0.797. The predicted octanol–water partition coefficient (Wildman–Crippen LogP) is 4.16. The average Bonchev–Trinajstić information content (AvgIpc) is 3.05. The molecule has 0 radical (unpaired) electrons. The number of nitrogens with two attached hydrogens (primary N) is 1. The van der Waals surface area contributed by atoms with E-state index >= 15 is 0 Å². The maximum absolute atomic E-state index is 14.9. The number of aryl methyl sites for hydroxylation is 1. The molecule has 1 saturated heterocycles. The summed E-state index contributed by atoms with van der Waals surface area (Å²) >= 11 is 1.44. The third kappa shape index (κ3) is 3.48. The molecule has 0 bridgehead atoms. The van der Waals surface area contributed by atoms with Crippen LogP contribution in [0.3, 0.4) is 0 Å². The van der Waals surface area contributed by atoms with E-state index in [1.807, 2.05) is 13.0 Å².